The third kappa shape index (κ3) is 5.16. The molecule has 0 spiro atoms. The van der Waals surface area contributed by atoms with Crippen LogP contribution >= 0.6 is 22.9 Å². The summed E-state index contributed by atoms with van der Waals surface area (Å²) >= 11 is 7.21. The van der Waals surface area contributed by atoms with Crippen molar-refractivity contribution in [1.82, 2.24) is 0 Å². The molecule has 0 aliphatic rings. The van der Waals surface area contributed by atoms with Gasteiger partial charge in [0.1, 0.15) is 16.3 Å². The first-order chi connectivity index (χ1) is 14.0. The van der Waals surface area contributed by atoms with E-state index in [4.69, 9.17) is 21.1 Å². The maximum absolute atomic E-state index is 12.5. The van der Waals surface area contributed by atoms with Gasteiger partial charge in [-0.3, -0.25) is 4.79 Å². The zero-order valence-corrected chi connectivity index (χ0v) is 17.6. The van der Waals surface area contributed by atoms with Gasteiger partial charge in [-0.15, -0.1) is 11.3 Å². The third-order valence-corrected chi connectivity index (χ3v) is 5.23. The summed E-state index contributed by atoms with van der Waals surface area (Å²) in [6.07, 6.45) is 0. The number of carbonyl (C=O) groups is 2. The van der Waals surface area contributed by atoms with Crippen LogP contribution in [0, 0.1) is 6.92 Å². The van der Waals surface area contributed by atoms with Crippen molar-refractivity contribution in [2.75, 3.05) is 18.5 Å². The molecule has 29 heavy (non-hydrogen) atoms. The highest BCUT2D eigenvalue weighted by Gasteiger charge is 2.22. The summed E-state index contributed by atoms with van der Waals surface area (Å²) in [5, 5.41) is 5.64. The molecule has 1 N–H and O–H groups in total. The summed E-state index contributed by atoms with van der Waals surface area (Å²) in [4.78, 5) is 25.0. The number of amides is 1. The fourth-order valence-corrected chi connectivity index (χ4v) is 3.97. The molecule has 0 radical (unpaired) electrons. The number of hydrogen-bond acceptors (Lipinski definition) is 5. The number of carbonyl (C=O) groups excluding carboxylic acids is 2. The summed E-state index contributed by atoms with van der Waals surface area (Å²) < 4.78 is 10.8. The van der Waals surface area contributed by atoms with Gasteiger partial charge in [0.05, 0.1) is 6.61 Å². The first kappa shape index (κ1) is 20.9. The van der Waals surface area contributed by atoms with E-state index < -0.39 is 5.97 Å². The van der Waals surface area contributed by atoms with Gasteiger partial charge in [-0.05, 0) is 43.2 Å². The monoisotopic (exact) mass is 429 g/mol. The van der Waals surface area contributed by atoms with Crippen LogP contribution in [-0.4, -0.2) is 25.1 Å². The maximum atomic E-state index is 12.5. The van der Waals surface area contributed by atoms with E-state index in [1.54, 1.807) is 25.1 Å². The Morgan fingerprint density at radius 3 is 2.59 bits per heavy atom. The topological polar surface area (TPSA) is 64.6 Å². The number of rotatable bonds is 7. The molecule has 1 heterocycles. The minimum Gasteiger partial charge on any atom is -0.483 e. The highest BCUT2D eigenvalue weighted by molar-refractivity contribution is 7.15. The Labute approximate surface area is 178 Å². The van der Waals surface area contributed by atoms with E-state index >= 15 is 0 Å². The standard InChI is InChI=1S/C22H20ClNO4S/c1-3-27-22(26)20-17(15-7-5-4-6-8-15)13-29-21(20)24-19(25)12-28-18-10-9-16(23)11-14(18)2/h4-11,13H,3,12H2,1-2H3,(H,24,25). The van der Waals surface area contributed by atoms with Crippen LogP contribution in [0.25, 0.3) is 11.1 Å². The molecular weight excluding hydrogens is 410 g/mol. The van der Waals surface area contributed by atoms with Gasteiger partial charge in [0.15, 0.2) is 6.61 Å². The van der Waals surface area contributed by atoms with Crippen molar-refractivity contribution in [3.05, 3.63) is 70.1 Å². The molecule has 150 valence electrons. The van der Waals surface area contributed by atoms with Crippen molar-refractivity contribution >= 4 is 39.8 Å². The molecule has 0 aliphatic carbocycles. The molecule has 0 atom stereocenters. The van der Waals surface area contributed by atoms with Crippen molar-refractivity contribution in [3.8, 4) is 16.9 Å². The molecule has 0 saturated heterocycles. The van der Waals surface area contributed by atoms with E-state index in [1.807, 2.05) is 42.6 Å². The fourth-order valence-electron chi connectivity index (χ4n) is 2.77. The highest BCUT2D eigenvalue weighted by Crippen LogP contribution is 2.36. The number of esters is 1. The van der Waals surface area contributed by atoms with Crippen LogP contribution in [0.3, 0.4) is 0 Å². The Balaban J connectivity index is 1.78. The van der Waals surface area contributed by atoms with E-state index in [0.29, 0.717) is 21.3 Å². The zero-order chi connectivity index (χ0) is 20.8. The summed E-state index contributed by atoms with van der Waals surface area (Å²) in [5.41, 5.74) is 2.78. The molecule has 0 unspecified atom stereocenters. The number of halogens is 1. The SMILES string of the molecule is CCOC(=O)c1c(-c2ccccc2)csc1NC(=O)COc1ccc(Cl)cc1C. The number of ether oxygens (including phenoxy) is 2. The van der Waals surface area contributed by atoms with Gasteiger partial charge in [0.2, 0.25) is 0 Å². The van der Waals surface area contributed by atoms with E-state index in [9.17, 15) is 9.59 Å². The second-order valence-electron chi connectivity index (χ2n) is 6.19. The van der Waals surface area contributed by atoms with Gasteiger partial charge >= 0.3 is 5.97 Å². The van der Waals surface area contributed by atoms with E-state index in [2.05, 4.69) is 5.32 Å². The first-order valence-electron chi connectivity index (χ1n) is 9.02. The number of nitrogens with one attached hydrogen (secondary N) is 1. The summed E-state index contributed by atoms with van der Waals surface area (Å²) in [7, 11) is 0. The zero-order valence-electron chi connectivity index (χ0n) is 16.0. The minimum absolute atomic E-state index is 0.191. The lowest BCUT2D eigenvalue weighted by molar-refractivity contribution is -0.118. The Morgan fingerprint density at radius 2 is 1.90 bits per heavy atom. The lowest BCUT2D eigenvalue weighted by Crippen LogP contribution is -2.21. The number of benzene rings is 2. The first-order valence-corrected chi connectivity index (χ1v) is 10.3. The minimum atomic E-state index is -0.475. The molecule has 3 aromatic rings. The van der Waals surface area contributed by atoms with Crippen molar-refractivity contribution < 1.29 is 19.1 Å². The van der Waals surface area contributed by atoms with Gasteiger partial charge < -0.3 is 14.8 Å². The number of anilines is 1. The van der Waals surface area contributed by atoms with E-state index in [-0.39, 0.29) is 19.1 Å². The summed E-state index contributed by atoms with van der Waals surface area (Å²) in [6, 6.07) is 14.7. The Hall–Kier alpha value is -2.83. The van der Waals surface area contributed by atoms with Gasteiger partial charge in [-0.25, -0.2) is 4.79 Å². The molecule has 0 fully saturated rings. The maximum Gasteiger partial charge on any atom is 0.341 e. The number of thiophene rings is 1. The average Bonchev–Trinajstić information content (AvgIpc) is 3.11. The van der Waals surface area contributed by atoms with Gasteiger partial charge in [0.25, 0.3) is 5.91 Å². The second-order valence-corrected chi connectivity index (χ2v) is 7.50. The van der Waals surface area contributed by atoms with Crippen LogP contribution in [0.2, 0.25) is 5.02 Å². The second kappa shape index (κ2) is 9.58. The lowest BCUT2D eigenvalue weighted by Gasteiger charge is -2.11. The van der Waals surface area contributed by atoms with Gasteiger partial charge in [0, 0.05) is 16.0 Å². The lowest BCUT2D eigenvalue weighted by atomic mass is 10.0. The van der Waals surface area contributed by atoms with Crippen LogP contribution in [-0.2, 0) is 9.53 Å². The van der Waals surface area contributed by atoms with Gasteiger partial charge in [-0.1, -0.05) is 41.9 Å². The summed E-state index contributed by atoms with van der Waals surface area (Å²) in [5.74, 6) is -0.268. The van der Waals surface area contributed by atoms with Crippen molar-refractivity contribution in [3.63, 3.8) is 0 Å². The van der Waals surface area contributed by atoms with Crippen LogP contribution in [0.4, 0.5) is 5.00 Å². The Morgan fingerprint density at radius 1 is 1.14 bits per heavy atom. The van der Waals surface area contributed by atoms with E-state index in [1.165, 1.54) is 11.3 Å². The molecule has 7 heteroatoms. The number of hydrogen-bond donors (Lipinski definition) is 1. The Kier molecular flexibility index (Phi) is 6.90. The molecule has 0 bridgehead atoms. The average molecular weight is 430 g/mol. The predicted molar refractivity (Wildman–Crippen MR) is 116 cm³/mol. The van der Waals surface area contributed by atoms with Crippen LogP contribution in [0.1, 0.15) is 22.8 Å². The molecule has 0 aliphatic heterocycles. The van der Waals surface area contributed by atoms with E-state index in [0.717, 1.165) is 16.7 Å². The van der Waals surface area contributed by atoms with Crippen molar-refractivity contribution in [1.29, 1.82) is 0 Å². The summed E-state index contributed by atoms with van der Waals surface area (Å²) in [6.45, 7) is 3.65. The Bertz CT molecular complexity index is 1020. The van der Waals surface area contributed by atoms with Crippen LogP contribution < -0.4 is 10.1 Å². The third-order valence-electron chi connectivity index (χ3n) is 4.10. The normalized spacial score (nSPS) is 10.4. The predicted octanol–water partition coefficient (Wildman–Crippen LogP) is 5.57. The van der Waals surface area contributed by atoms with Gasteiger partial charge in [-0.2, -0.15) is 0 Å². The van der Waals surface area contributed by atoms with Crippen LogP contribution in [0.5, 0.6) is 5.75 Å². The molecule has 5 nitrogen and oxygen atoms in total. The molecule has 1 aromatic heterocycles. The molecule has 3 rings (SSSR count). The largest absolute Gasteiger partial charge is 0.483 e. The fraction of sp³-hybridized carbons (Fsp3) is 0.182. The van der Waals surface area contributed by atoms with Crippen LogP contribution in [0.15, 0.2) is 53.9 Å². The smallest absolute Gasteiger partial charge is 0.341 e. The highest BCUT2D eigenvalue weighted by atomic mass is 35.5. The van der Waals surface area contributed by atoms with Crippen molar-refractivity contribution in [2.45, 2.75) is 13.8 Å². The molecule has 2 aromatic carbocycles. The molecular formula is C22H20ClNO4S. The van der Waals surface area contributed by atoms with Crippen molar-refractivity contribution in [2.24, 2.45) is 0 Å². The number of aryl methyl sites for hydroxylation is 1. The quantitative estimate of drug-likeness (QED) is 0.498. The molecule has 0 saturated carbocycles. The molecule has 1 amide bonds.